The molecule has 0 aliphatic rings. The van der Waals surface area contributed by atoms with Gasteiger partial charge in [-0.05, 0) is 18.2 Å². The number of amides is 1. The van der Waals surface area contributed by atoms with E-state index in [1.807, 2.05) is 0 Å². The molecule has 94 valence electrons. The Morgan fingerprint density at radius 2 is 2.33 bits per heavy atom. The standard InChI is InChI=1S/C11H10BrFN4O/c1-17-6-15-10(16-17)5-14-11(18)8-4-7(12)2-3-9(8)13/h2-4,6H,5H2,1H3,(H,14,18). The maximum atomic E-state index is 13.4. The van der Waals surface area contributed by atoms with Gasteiger partial charge in [0.25, 0.3) is 5.91 Å². The van der Waals surface area contributed by atoms with Crippen LogP contribution in [0, 0.1) is 5.82 Å². The van der Waals surface area contributed by atoms with Crippen molar-refractivity contribution in [2.45, 2.75) is 6.54 Å². The normalized spacial score (nSPS) is 10.4. The summed E-state index contributed by atoms with van der Waals surface area (Å²) in [4.78, 5) is 15.7. The zero-order valence-corrected chi connectivity index (χ0v) is 11.1. The highest BCUT2D eigenvalue weighted by atomic mass is 79.9. The number of hydrogen-bond acceptors (Lipinski definition) is 3. The average Bonchev–Trinajstić information content (AvgIpc) is 2.75. The molecule has 0 saturated carbocycles. The monoisotopic (exact) mass is 312 g/mol. The van der Waals surface area contributed by atoms with Gasteiger partial charge >= 0.3 is 0 Å². The number of hydrogen-bond donors (Lipinski definition) is 1. The predicted octanol–water partition coefficient (Wildman–Crippen LogP) is 1.65. The van der Waals surface area contributed by atoms with Crippen LogP contribution in [0.2, 0.25) is 0 Å². The van der Waals surface area contributed by atoms with Gasteiger partial charge in [-0.3, -0.25) is 9.48 Å². The van der Waals surface area contributed by atoms with E-state index in [1.165, 1.54) is 29.2 Å². The van der Waals surface area contributed by atoms with Gasteiger partial charge in [0.1, 0.15) is 12.1 Å². The summed E-state index contributed by atoms with van der Waals surface area (Å²) < 4.78 is 15.6. The topological polar surface area (TPSA) is 59.8 Å². The fraction of sp³-hybridized carbons (Fsp3) is 0.182. The van der Waals surface area contributed by atoms with Gasteiger partial charge in [-0.15, -0.1) is 0 Å². The van der Waals surface area contributed by atoms with E-state index in [-0.39, 0.29) is 12.1 Å². The second-order valence-electron chi connectivity index (χ2n) is 3.64. The second-order valence-corrected chi connectivity index (χ2v) is 4.56. The predicted molar refractivity (Wildman–Crippen MR) is 66.3 cm³/mol. The Balaban J connectivity index is 2.05. The molecular weight excluding hydrogens is 303 g/mol. The molecular formula is C11H10BrFN4O. The van der Waals surface area contributed by atoms with Crippen molar-refractivity contribution in [3.63, 3.8) is 0 Å². The molecule has 0 saturated heterocycles. The third-order valence-corrected chi connectivity index (χ3v) is 2.72. The summed E-state index contributed by atoms with van der Waals surface area (Å²) in [5.74, 6) is -0.591. The number of carbonyl (C=O) groups excluding carboxylic acids is 1. The molecule has 0 spiro atoms. The summed E-state index contributed by atoms with van der Waals surface area (Å²) in [5.41, 5.74) is -0.0136. The summed E-state index contributed by atoms with van der Waals surface area (Å²) in [6.07, 6.45) is 1.53. The number of nitrogens with zero attached hydrogens (tertiary/aromatic N) is 3. The first-order chi connectivity index (χ1) is 8.56. The van der Waals surface area contributed by atoms with Gasteiger partial charge in [0.2, 0.25) is 0 Å². The largest absolute Gasteiger partial charge is 0.345 e. The molecule has 0 aliphatic heterocycles. The minimum atomic E-state index is -0.565. The fourth-order valence-corrected chi connectivity index (χ4v) is 1.75. The highest BCUT2D eigenvalue weighted by molar-refractivity contribution is 9.10. The van der Waals surface area contributed by atoms with E-state index in [0.29, 0.717) is 10.3 Å². The third kappa shape index (κ3) is 2.92. The number of nitrogens with one attached hydrogen (secondary N) is 1. The Morgan fingerprint density at radius 1 is 1.56 bits per heavy atom. The molecule has 0 bridgehead atoms. The molecule has 7 heteroatoms. The smallest absolute Gasteiger partial charge is 0.254 e. The summed E-state index contributed by atoms with van der Waals surface area (Å²) >= 11 is 3.19. The van der Waals surface area contributed by atoms with Gasteiger partial charge in [-0.25, -0.2) is 9.37 Å². The van der Waals surface area contributed by atoms with Crippen LogP contribution in [0.1, 0.15) is 16.2 Å². The molecule has 1 N–H and O–H groups in total. The van der Waals surface area contributed by atoms with Crippen molar-refractivity contribution in [2.75, 3.05) is 0 Å². The molecule has 0 fully saturated rings. The van der Waals surface area contributed by atoms with Crippen molar-refractivity contribution in [3.05, 3.63) is 46.2 Å². The zero-order valence-electron chi connectivity index (χ0n) is 9.52. The van der Waals surface area contributed by atoms with Crippen LogP contribution in [-0.2, 0) is 13.6 Å². The van der Waals surface area contributed by atoms with Gasteiger partial charge < -0.3 is 5.32 Å². The van der Waals surface area contributed by atoms with Gasteiger partial charge in [0.15, 0.2) is 5.82 Å². The van der Waals surface area contributed by atoms with Crippen molar-refractivity contribution >= 4 is 21.8 Å². The summed E-state index contributed by atoms with van der Waals surface area (Å²) in [7, 11) is 1.73. The maximum Gasteiger partial charge on any atom is 0.254 e. The van der Waals surface area contributed by atoms with Crippen LogP contribution in [0.3, 0.4) is 0 Å². The lowest BCUT2D eigenvalue weighted by molar-refractivity contribution is 0.0945. The van der Waals surface area contributed by atoms with E-state index in [2.05, 4.69) is 31.3 Å². The average molecular weight is 313 g/mol. The Morgan fingerprint density at radius 3 is 3.00 bits per heavy atom. The van der Waals surface area contributed by atoms with Crippen LogP contribution < -0.4 is 5.32 Å². The third-order valence-electron chi connectivity index (χ3n) is 2.23. The number of benzene rings is 1. The molecule has 2 aromatic rings. The molecule has 0 atom stereocenters. The van der Waals surface area contributed by atoms with Gasteiger partial charge in [0, 0.05) is 11.5 Å². The Kier molecular flexibility index (Phi) is 3.71. The van der Waals surface area contributed by atoms with Crippen molar-refractivity contribution in [1.82, 2.24) is 20.1 Å². The van der Waals surface area contributed by atoms with Crippen molar-refractivity contribution in [3.8, 4) is 0 Å². The number of rotatable bonds is 3. The van der Waals surface area contributed by atoms with Crippen molar-refractivity contribution in [1.29, 1.82) is 0 Å². The van der Waals surface area contributed by atoms with E-state index in [4.69, 9.17) is 0 Å². The highest BCUT2D eigenvalue weighted by Gasteiger charge is 2.12. The Bertz CT molecular complexity index is 584. The quantitative estimate of drug-likeness (QED) is 0.937. The molecule has 0 unspecified atom stereocenters. The lowest BCUT2D eigenvalue weighted by Crippen LogP contribution is -2.24. The first-order valence-corrected chi connectivity index (χ1v) is 5.93. The number of aryl methyl sites for hydroxylation is 1. The van der Waals surface area contributed by atoms with E-state index < -0.39 is 11.7 Å². The number of aromatic nitrogens is 3. The molecule has 1 aromatic heterocycles. The molecule has 0 radical (unpaired) electrons. The van der Waals surface area contributed by atoms with Crippen LogP contribution in [0.25, 0.3) is 0 Å². The van der Waals surface area contributed by atoms with Crippen LogP contribution in [-0.4, -0.2) is 20.7 Å². The lowest BCUT2D eigenvalue weighted by Gasteiger charge is -2.04. The first-order valence-electron chi connectivity index (χ1n) is 5.14. The second kappa shape index (κ2) is 5.26. The molecule has 0 aliphatic carbocycles. The minimum Gasteiger partial charge on any atom is -0.345 e. The van der Waals surface area contributed by atoms with Crippen molar-refractivity contribution < 1.29 is 9.18 Å². The van der Waals surface area contributed by atoms with Crippen LogP contribution in [0.15, 0.2) is 29.0 Å². The molecule has 18 heavy (non-hydrogen) atoms. The van der Waals surface area contributed by atoms with Gasteiger partial charge in [-0.2, -0.15) is 5.10 Å². The lowest BCUT2D eigenvalue weighted by atomic mass is 10.2. The van der Waals surface area contributed by atoms with E-state index >= 15 is 0 Å². The Hall–Kier alpha value is -1.76. The van der Waals surface area contributed by atoms with E-state index in [0.717, 1.165) is 0 Å². The SMILES string of the molecule is Cn1cnc(CNC(=O)c2cc(Br)ccc2F)n1. The summed E-state index contributed by atoms with van der Waals surface area (Å²) in [6, 6.07) is 4.20. The maximum absolute atomic E-state index is 13.4. The summed E-state index contributed by atoms with van der Waals surface area (Å²) in [6.45, 7) is 0.158. The molecule has 5 nitrogen and oxygen atoms in total. The highest BCUT2D eigenvalue weighted by Crippen LogP contribution is 2.15. The zero-order chi connectivity index (χ0) is 13.1. The van der Waals surface area contributed by atoms with E-state index in [1.54, 1.807) is 7.05 Å². The molecule has 1 aromatic carbocycles. The summed E-state index contributed by atoms with van der Waals surface area (Å²) in [5, 5.41) is 6.56. The number of halogens is 2. The van der Waals surface area contributed by atoms with Crippen LogP contribution in [0.4, 0.5) is 4.39 Å². The molecule has 2 rings (SSSR count). The first kappa shape index (κ1) is 12.7. The molecule has 1 heterocycles. The Labute approximate surface area is 111 Å². The molecule has 1 amide bonds. The number of carbonyl (C=O) groups is 1. The van der Waals surface area contributed by atoms with Crippen molar-refractivity contribution in [2.24, 2.45) is 7.05 Å². The van der Waals surface area contributed by atoms with Gasteiger partial charge in [0.05, 0.1) is 12.1 Å². The minimum absolute atomic E-state index is 0.0136. The van der Waals surface area contributed by atoms with E-state index in [9.17, 15) is 9.18 Å². The van der Waals surface area contributed by atoms with Crippen LogP contribution >= 0.6 is 15.9 Å². The fourth-order valence-electron chi connectivity index (χ4n) is 1.39. The van der Waals surface area contributed by atoms with Crippen LogP contribution in [0.5, 0.6) is 0 Å². The van der Waals surface area contributed by atoms with Gasteiger partial charge in [-0.1, -0.05) is 15.9 Å².